The standard InChI is InChI=1S/C16H24N2O2/c1-16(9-10-17-12-16)15(19)18(2)11-8-13-6-4-5-7-14(13)20-3/h4-7,17H,8-12H2,1-3H3/t16-/m1/s1. The monoisotopic (exact) mass is 276 g/mol. The van der Waals surface area contributed by atoms with Crippen LogP contribution in [0.3, 0.4) is 0 Å². The summed E-state index contributed by atoms with van der Waals surface area (Å²) in [7, 11) is 3.57. The zero-order valence-corrected chi connectivity index (χ0v) is 12.6. The number of hydrogen-bond donors (Lipinski definition) is 1. The molecule has 1 fully saturated rings. The molecule has 1 N–H and O–H groups in total. The van der Waals surface area contributed by atoms with Gasteiger partial charge < -0.3 is 15.0 Å². The van der Waals surface area contributed by atoms with Crippen LogP contribution in [0.25, 0.3) is 0 Å². The maximum Gasteiger partial charge on any atom is 0.229 e. The number of para-hydroxylation sites is 1. The average molecular weight is 276 g/mol. The molecule has 1 aromatic rings. The van der Waals surface area contributed by atoms with Gasteiger partial charge in [0.05, 0.1) is 12.5 Å². The van der Waals surface area contributed by atoms with Crippen molar-refractivity contribution in [1.29, 1.82) is 0 Å². The molecule has 0 bridgehead atoms. The van der Waals surface area contributed by atoms with Crippen molar-refractivity contribution < 1.29 is 9.53 Å². The summed E-state index contributed by atoms with van der Waals surface area (Å²) in [4.78, 5) is 14.3. The fourth-order valence-electron chi connectivity index (χ4n) is 2.76. The lowest BCUT2D eigenvalue weighted by molar-refractivity contribution is -0.138. The summed E-state index contributed by atoms with van der Waals surface area (Å²) in [6.45, 7) is 4.48. The van der Waals surface area contributed by atoms with Gasteiger partial charge in [-0.3, -0.25) is 4.79 Å². The second kappa shape index (κ2) is 6.27. The lowest BCUT2D eigenvalue weighted by Crippen LogP contribution is -2.42. The second-order valence-electron chi connectivity index (χ2n) is 5.78. The zero-order valence-electron chi connectivity index (χ0n) is 12.6. The molecule has 20 heavy (non-hydrogen) atoms. The van der Waals surface area contributed by atoms with E-state index in [0.29, 0.717) is 0 Å². The Labute approximate surface area is 121 Å². The number of benzene rings is 1. The topological polar surface area (TPSA) is 41.6 Å². The van der Waals surface area contributed by atoms with E-state index in [1.807, 2.05) is 30.1 Å². The van der Waals surface area contributed by atoms with Gasteiger partial charge in [-0.05, 0) is 37.9 Å². The van der Waals surface area contributed by atoms with E-state index in [0.717, 1.165) is 43.8 Å². The number of methoxy groups -OCH3 is 1. The van der Waals surface area contributed by atoms with E-state index in [9.17, 15) is 4.79 Å². The fraction of sp³-hybridized carbons (Fsp3) is 0.562. The largest absolute Gasteiger partial charge is 0.496 e. The molecule has 1 aromatic carbocycles. The number of carbonyl (C=O) groups is 1. The fourth-order valence-corrected chi connectivity index (χ4v) is 2.76. The Morgan fingerprint density at radius 3 is 2.85 bits per heavy atom. The molecule has 0 spiro atoms. The van der Waals surface area contributed by atoms with Crippen LogP contribution in [0.1, 0.15) is 18.9 Å². The summed E-state index contributed by atoms with van der Waals surface area (Å²) in [5, 5.41) is 3.27. The molecular formula is C16H24N2O2. The zero-order chi connectivity index (χ0) is 14.6. The minimum Gasteiger partial charge on any atom is -0.496 e. The predicted molar refractivity (Wildman–Crippen MR) is 79.9 cm³/mol. The highest BCUT2D eigenvalue weighted by atomic mass is 16.5. The molecule has 4 heteroatoms. The van der Waals surface area contributed by atoms with Crippen molar-refractivity contribution in [2.45, 2.75) is 19.8 Å². The highest BCUT2D eigenvalue weighted by Crippen LogP contribution is 2.27. The Morgan fingerprint density at radius 1 is 1.45 bits per heavy atom. The van der Waals surface area contributed by atoms with Gasteiger partial charge in [-0.1, -0.05) is 18.2 Å². The number of nitrogens with zero attached hydrogens (tertiary/aromatic N) is 1. The Hall–Kier alpha value is -1.55. The van der Waals surface area contributed by atoms with Gasteiger partial charge in [0.15, 0.2) is 0 Å². The van der Waals surface area contributed by atoms with Crippen molar-refractivity contribution in [3.8, 4) is 5.75 Å². The van der Waals surface area contributed by atoms with Crippen molar-refractivity contribution >= 4 is 5.91 Å². The lowest BCUT2D eigenvalue weighted by Gasteiger charge is -2.28. The summed E-state index contributed by atoms with van der Waals surface area (Å²) >= 11 is 0. The Kier molecular flexibility index (Phi) is 4.65. The van der Waals surface area contributed by atoms with Gasteiger partial charge in [0.2, 0.25) is 5.91 Å². The molecule has 1 aliphatic heterocycles. The molecule has 1 atom stereocenters. The molecule has 0 unspecified atom stereocenters. The SMILES string of the molecule is COc1ccccc1CCN(C)C(=O)[C@]1(C)CCNC1. The van der Waals surface area contributed by atoms with E-state index >= 15 is 0 Å². The molecule has 0 radical (unpaired) electrons. The third-order valence-electron chi connectivity index (χ3n) is 4.14. The third-order valence-corrected chi connectivity index (χ3v) is 4.14. The number of carbonyl (C=O) groups excluding carboxylic acids is 1. The van der Waals surface area contributed by atoms with Crippen LogP contribution < -0.4 is 10.1 Å². The average Bonchev–Trinajstić information content (AvgIpc) is 2.92. The number of amides is 1. The molecule has 110 valence electrons. The van der Waals surface area contributed by atoms with Crippen LogP contribution in [0.2, 0.25) is 0 Å². The van der Waals surface area contributed by atoms with Crippen molar-refractivity contribution in [1.82, 2.24) is 10.2 Å². The Bertz CT molecular complexity index is 467. The van der Waals surface area contributed by atoms with E-state index in [2.05, 4.69) is 18.3 Å². The number of nitrogens with one attached hydrogen (secondary N) is 1. The molecule has 4 nitrogen and oxygen atoms in total. The van der Waals surface area contributed by atoms with Gasteiger partial charge in [0.1, 0.15) is 5.75 Å². The molecular weight excluding hydrogens is 252 g/mol. The minimum atomic E-state index is -0.241. The lowest BCUT2D eigenvalue weighted by atomic mass is 9.88. The quantitative estimate of drug-likeness (QED) is 0.890. The maximum atomic E-state index is 12.5. The molecule has 2 rings (SSSR count). The van der Waals surface area contributed by atoms with E-state index in [-0.39, 0.29) is 11.3 Å². The summed E-state index contributed by atoms with van der Waals surface area (Å²) in [6, 6.07) is 7.97. The molecule has 0 aromatic heterocycles. The third kappa shape index (κ3) is 3.12. The summed E-state index contributed by atoms with van der Waals surface area (Å²) in [5.74, 6) is 1.12. The Balaban J connectivity index is 1.95. The summed E-state index contributed by atoms with van der Waals surface area (Å²) in [6.07, 6.45) is 1.74. The van der Waals surface area contributed by atoms with E-state index in [4.69, 9.17) is 4.74 Å². The first kappa shape index (κ1) is 14.9. The Morgan fingerprint density at radius 2 is 2.20 bits per heavy atom. The van der Waals surface area contributed by atoms with Gasteiger partial charge in [0.25, 0.3) is 0 Å². The van der Waals surface area contributed by atoms with Crippen LogP contribution in [-0.2, 0) is 11.2 Å². The second-order valence-corrected chi connectivity index (χ2v) is 5.78. The van der Waals surface area contributed by atoms with E-state index < -0.39 is 0 Å². The summed E-state index contributed by atoms with van der Waals surface area (Å²) in [5.41, 5.74) is 0.902. The summed E-state index contributed by atoms with van der Waals surface area (Å²) < 4.78 is 5.34. The van der Waals surface area contributed by atoms with Crippen molar-refractivity contribution in [2.75, 3.05) is 33.8 Å². The van der Waals surface area contributed by atoms with Crippen molar-refractivity contribution in [3.63, 3.8) is 0 Å². The molecule has 1 amide bonds. The molecule has 0 saturated carbocycles. The van der Waals surface area contributed by atoms with Gasteiger partial charge >= 0.3 is 0 Å². The number of likely N-dealkylation sites (N-methyl/N-ethyl adjacent to an activating group) is 1. The number of ether oxygens (including phenoxy) is 1. The van der Waals surface area contributed by atoms with Gasteiger partial charge in [-0.2, -0.15) is 0 Å². The van der Waals surface area contributed by atoms with Crippen LogP contribution in [-0.4, -0.2) is 44.6 Å². The molecule has 1 saturated heterocycles. The number of hydrogen-bond acceptors (Lipinski definition) is 3. The van der Waals surface area contributed by atoms with E-state index in [1.54, 1.807) is 7.11 Å². The minimum absolute atomic E-state index is 0.234. The van der Waals surface area contributed by atoms with E-state index in [1.165, 1.54) is 0 Å². The first-order chi connectivity index (χ1) is 9.57. The molecule has 1 aliphatic rings. The first-order valence-corrected chi connectivity index (χ1v) is 7.15. The molecule has 1 heterocycles. The first-order valence-electron chi connectivity index (χ1n) is 7.15. The van der Waals surface area contributed by atoms with Gasteiger partial charge in [0, 0.05) is 20.1 Å². The van der Waals surface area contributed by atoms with Crippen molar-refractivity contribution in [2.24, 2.45) is 5.41 Å². The number of rotatable bonds is 5. The van der Waals surface area contributed by atoms with Gasteiger partial charge in [-0.25, -0.2) is 0 Å². The smallest absolute Gasteiger partial charge is 0.229 e. The normalized spacial score (nSPS) is 21.8. The highest BCUT2D eigenvalue weighted by Gasteiger charge is 2.37. The highest BCUT2D eigenvalue weighted by molar-refractivity contribution is 5.82. The van der Waals surface area contributed by atoms with Crippen molar-refractivity contribution in [3.05, 3.63) is 29.8 Å². The van der Waals surface area contributed by atoms with Crippen LogP contribution in [0.5, 0.6) is 5.75 Å². The van der Waals surface area contributed by atoms with Crippen LogP contribution in [0.15, 0.2) is 24.3 Å². The van der Waals surface area contributed by atoms with Crippen LogP contribution >= 0.6 is 0 Å². The van der Waals surface area contributed by atoms with Gasteiger partial charge in [-0.15, -0.1) is 0 Å². The maximum absolute atomic E-state index is 12.5. The predicted octanol–water partition coefficient (Wildman–Crippen LogP) is 1.70. The van der Waals surface area contributed by atoms with Crippen LogP contribution in [0, 0.1) is 5.41 Å². The van der Waals surface area contributed by atoms with Crippen LogP contribution in [0.4, 0.5) is 0 Å². The molecule has 0 aliphatic carbocycles.